The van der Waals surface area contributed by atoms with Gasteiger partial charge in [0.1, 0.15) is 30.8 Å². The topological polar surface area (TPSA) is 113 Å². The van der Waals surface area contributed by atoms with Crippen LogP contribution in [0.25, 0.3) is 0 Å². The smallest absolute Gasteiger partial charge is 0.239 e. The van der Waals surface area contributed by atoms with Crippen molar-refractivity contribution in [1.29, 1.82) is 0 Å². The summed E-state index contributed by atoms with van der Waals surface area (Å²) in [6.07, 6.45) is 20.9. The van der Waals surface area contributed by atoms with Crippen LogP contribution in [0.1, 0.15) is 134 Å². The number of allylic oxidation sites excluding steroid dienone is 1. The molecule has 6 unspecified atom stereocenters. The van der Waals surface area contributed by atoms with E-state index in [1.165, 1.54) is 38.5 Å². The Labute approximate surface area is 337 Å². The number of hydrogen-bond acceptors (Lipinski definition) is 9. The van der Waals surface area contributed by atoms with E-state index in [0.29, 0.717) is 26.1 Å². The van der Waals surface area contributed by atoms with Gasteiger partial charge in [-0.25, -0.2) is 0 Å². The van der Waals surface area contributed by atoms with Gasteiger partial charge in [-0.2, -0.15) is 0 Å². The Kier molecular flexibility index (Phi) is 18.0. The Balaban J connectivity index is 1.53. The van der Waals surface area contributed by atoms with Crippen LogP contribution in [0.5, 0.6) is 11.5 Å². The fourth-order valence-corrected chi connectivity index (χ4v) is 9.48. The van der Waals surface area contributed by atoms with Crippen LogP contribution in [0.15, 0.2) is 47.7 Å². The number of amides is 1. The summed E-state index contributed by atoms with van der Waals surface area (Å²) in [5, 5.41) is 24.4. The summed E-state index contributed by atoms with van der Waals surface area (Å²) in [6.45, 7) is 13.0. The molecule has 1 saturated carbocycles. The maximum atomic E-state index is 14.2. The second kappa shape index (κ2) is 22.9. The maximum Gasteiger partial charge on any atom is 0.239 e. The Hall–Kier alpha value is -2.92. The molecule has 10 nitrogen and oxygen atoms in total. The van der Waals surface area contributed by atoms with Crippen LogP contribution in [0, 0.1) is 17.8 Å². The average Bonchev–Trinajstić information content (AvgIpc) is 4.04. The molecule has 0 aromatic heterocycles. The molecule has 5 rings (SSSR count). The molecular weight excluding hydrogens is 707 g/mol. The van der Waals surface area contributed by atoms with Crippen LogP contribution in [0.4, 0.5) is 0 Å². The van der Waals surface area contributed by atoms with Crippen molar-refractivity contribution in [2.45, 2.75) is 141 Å². The first-order valence-corrected chi connectivity index (χ1v) is 22.2. The molecule has 2 fully saturated rings. The third-order valence-electron chi connectivity index (χ3n) is 12.5. The molecule has 4 aliphatic rings. The number of nitrogens with zero attached hydrogens (tertiary/aromatic N) is 3. The second-order valence-electron chi connectivity index (χ2n) is 16.5. The van der Waals surface area contributed by atoms with E-state index >= 15 is 0 Å². The zero-order valence-corrected chi connectivity index (χ0v) is 34.9. The molecule has 10 heteroatoms. The van der Waals surface area contributed by atoms with Crippen LogP contribution in [0.2, 0.25) is 0 Å². The molecule has 56 heavy (non-hydrogen) atoms. The molecule has 2 aliphatic heterocycles. The number of aliphatic hydroxyl groups is 2. The molecule has 6 atom stereocenters. The van der Waals surface area contributed by atoms with Crippen molar-refractivity contribution in [2.24, 2.45) is 22.9 Å². The first kappa shape index (κ1) is 44.2. The predicted octanol–water partition coefficient (Wildman–Crippen LogP) is 8.41. The van der Waals surface area contributed by atoms with Gasteiger partial charge in [-0.05, 0) is 74.6 Å². The van der Waals surface area contributed by atoms with E-state index < -0.39 is 11.8 Å². The van der Waals surface area contributed by atoms with Gasteiger partial charge in [-0.15, -0.1) is 6.58 Å². The Bertz CT molecular complexity index is 1430. The Morgan fingerprint density at radius 3 is 2.39 bits per heavy atom. The lowest BCUT2D eigenvalue weighted by Gasteiger charge is -2.59. The lowest BCUT2D eigenvalue weighted by Crippen LogP contribution is -2.69. The minimum absolute atomic E-state index is 0.0485. The molecule has 1 aromatic rings. The summed E-state index contributed by atoms with van der Waals surface area (Å²) in [5.74, 6) is 0.488. The SMILES string of the molecule is C=CCOC12Oc3ccc(OCCN4CC4)cc3C3C(CCCCO)C(CCCCO)C=C(C(=NOCC)CC1N(C)C(=O)CCCCCCCCCCC)C32. The maximum absolute atomic E-state index is 14.2. The van der Waals surface area contributed by atoms with Crippen molar-refractivity contribution in [1.82, 2.24) is 9.80 Å². The number of aliphatic hydroxyl groups excluding tert-OH is 2. The molecule has 2 N–H and O–H groups in total. The van der Waals surface area contributed by atoms with Crippen molar-refractivity contribution in [3.63, 3.8) is 0 Å². The zero-order valence-electron chi connectivity index (χ0n) is 34.9. The van der Waals surface area contributed by atoms with Gasteiger partial charge in [-0.3, -0.25) is 9.69 Å². The summed E-state index contributed by atoms with van der Waals surface area (Å²) in [7, 11) is 1.91. The quantitative estimate of drug-likeness (QED) is 0.0378. The molecule has 2 aliphatic carbocycles. The van der Waals surface area contributed by atoms with Crippen LogP contribution in [-0.4, -0.2) is 103 Å². The fourth-order valence-electron chi connectivity index (χ4n) is 9.48. The molecule has 314 valence electrons. The number of hydrogen-bond donors (Lipinski definition) is 2. The highest BCUT2D eigenvalue weighted by atomic mass is 16.7. The van der Waals surface area contributed by atoms with Gasteiger partial charge in [0.2, 0.25) is 11.7 Å². The number of unbranched alkanes of at least 4 members (excludes halogenated alkanes) is 10. The highest BCUT2D eigenvalue weighted by molar-refractivity contribution is 6.03. The van der Waals surface area contributed by atoms with Crippen molar-refractivity contribution in [2.75, 3.05) is 59.7 Å². The molecule has 2 heterocycles. The molecule has 0 spiro atoms. The van der Waals surface area contributed by atoms with E-state index in [2.05, 4.69) is 30.5 Å². The van der Waals surface area contributed by atoms with E-state index in [-0.39, 0.29) is 49.4 Å². The highest BCUT2D eigenvalue weighted by Gasteiger charge is 2.65. The number of rotatable bonds is 28. The van der Waals surface area contributed by atoms with Gasteiger partial charge in [0.25, 0.3) is 0 Å². The highest BCUT2D eigenvalue weighted by Crippen LogP contribution is 2.61. The monoisotopic (exact) mass is 780 g/mol. The average molecular weight is 780 g/mol. The number of fused-ring (bicyclic) bond motifs is 2. The van der Waals surface area contributed by atoms with Gasteiger partial charge in [0.15, 0.2) is 0 Å². The lowest BCUT2D eigenvalue weighted by atomic mass is 9.55. The summed E-state index contributed by atoms with van der Waals surface area (Å²) in [5.41, 5.74) is 2.99. The number of carbonyl (C=O) groups is 1. The number of ether oxygens (including phenoxy) is 3. The third kappa shape index (κ3) is 11.4. The summed E-state index contributed by atoms with van der Waals surface area (Å²) < 4.78 is 20.6. The number of oxime groups is 1. The minimum Gasteiger partial charge on any atom is -0.492 e. The van der Waals surface area contributed by atoms with Gasteiger partial charge in [0.05, 0.1) is 18.2 Å². The van der Waals surface area contributed by atoms with Crippen LogP contribution < -0.4 is 9.47 Å². The minimum atomic E-state index is -1.21. The lowest BCUT2D eigenvalue weighted by molar-refractivity contribution is -0.255. The summed E-state index contributed by atoms with van der Waals surface area (Å²) in [4.78, 5) is 24.3. The van der Waals surface area contributed by atoms with Crippen LogP contribution in [0.3, 0.4) is 0 Å². The van der Waals surface area contributed by atoms with Crippen LogP contribution >= 0.6 is 0 Å². The standard InChI is InChI=1S/C46H73N3O7/c1-5-8-9-10-11-12-13-14-15-22-43(52)48(4)42-34-40(47-55-7-3)38-32-35(20-16-18-28-50)37(21-17-19-29-51)44-39-33-36(53-31-27-49-25-26-49)23-24-41(39)56-46(42,45(38)44)54-30-6-2/h6,23-24,32-33,35,37,42,44-45,50-51H,2,5,7-22,25-31,34H2,1,3-4H3. The number of benzene rings is 1. The Morgan fingerprint density at radius 2 is 1.71 bits per heavy atom. The first-order valence-electron chi connectivity index (χ1n) is 22.2. The second-order valence-corrected chi connectivity index (χ2v) is 16.5. The molecule has 1 amide bonds. The van der Waals surface area contributed by atoms with Crippen molar-refractivity contribution >= 4 is 11.6 Å². The Morgan fingerprint density at radius 1 is 1.00 bits per heavy atom. The van der Waals surface area contributed by atoms with E-state index in [1.54, 1.807) is 6.08 Å². The third-order valence-corrected chi connectivity index (χ3v) is 12.5. The number of carbonyl (C=O) groups excluding carboxylic acids is 1. The number of likely N-dealkylation sites (N-methyl/N-ethyl adjacent to an activating group) is 1. The molecule has 1 saturated heterocycles. The zero-order chi connectivity index (χ0) is 39.8. The summed E-state index contributed by atoms with van der Waals surface area (Å²) >= 11 is 0. The van der Waals surface area contributed by atoms with Crippen molar-refractivity contribution in [3.8, 4) is 11.5 Å². The van der Waals surface area contributed by atoms with Gasteiger partial charge >= 0.3 is 0 Å². The normalized spacial score (nSPS) is 25.8. The van der Waals surface area contributed by atoms with Gasteiger partial charge < -0.3 is 34.2 Å². The van der Waals surface area contributed by atoms with E-state index in [0.717, 1.165) is 106 Å². The predicted molar refractivity (Wildman–Crippen MR) is 223 cm³/mol. The van der Waals surface area contributed by atoms with Gasteiger partial charge in [0, 0.05) is 64.2 Å². The van der Waals surface area contributed by atoms with E-state index in [1.807, 2.05) is 31.0 Å². The molecule has 0 radical (unpaired) electrons. The first-order chi connectivity index (χ1) is 27.4. The molecular formula is C46H73N3O7. The summed E-state index contributed by atoms with van der Waals surface area (Å²) in [6, 6.07) is 5.73. The fraction of sp³-hybridized carbons (Fsp3) is 0.739. The van der Waals surface area contributed by atoms with E-state index in [9.17, 15) is 15.0 Å². The van der Waals surface area contributed by atoms with E-state index in [4.69, 9.17) is 24.2 Å². The van der Waals surface area contributed by atoms with Crippen LogP contribution in [-0.2, 0) is 14.4 Å². The largest absolute Gasteiger partial charge is 0.492 e. The molecule has 0 bridgehead atoms. The van der Waals surface area contributed by atoms with Gasteiger partial charge in [-0.1, -0.05) is 88.4 Å². The van der Waals surface area contributed by atoms with Crippen molar-refractivity contribution < 1.29 is 34.1 Å². The van der Waals surface area contributed by atoms with Crippen molar-refractivity contribution in [3.05, 3.63) is 48.1 Å². The molecule has 1 aromatic carbocycles.